The van der Waals surface area contributed by atoms with E-state index in [0.717, 1.165) is 0 Å². The Morgan fingerprint density at radius 3 is 2.41 bits per heavy atom. The van der Waals surface area contributed by atoms with Gasteiger partial charge in [-0.25, -0.2) is 0 Å². The van der Waals surface area contributed by atoms with Crippen molar-refractivity contribution in [2.24, 2.45) is 11.7 Å². The molecule has 0 fully saturated rings. The molecule has 0 bridgehead atoms. The number of carbonyl (C=O) groups is 1. The van der Waals surface area contributed by atoms with Gasteiger partial charge in [0.05, 0.1) is 24.1 Å². The van der Waals surface area contributed by atoms with Gasteiger partial charge in [0.1, 0.15) is 0 Å². The van der Waals surface area contributed by atoms with E-state index in [1.807, 2.05) is 6.92 Å². The van der Waals surface area contributed by atoms with Gasteiger partial charge in [-0.1, -0.05) is 26.1 Å². The van der Waals surface area contributed by atoms with Gasteiger partial charge >= 0.3 is 0 Å². The Morgan fingerprint density at radius 1 is 1.35 bits per heavy atom. The normalized spacial score (nSPS) is 12.5. The first kappa shape index (κ1) is 16.3. The first-order chi connectivity index (χ1) is 7.84. The monoisotopic (exact) mass is 260 g/mol. The van der Waals surface area contributed by atoms with Gasteiger partial charge in [0.25, 0.3) is 0 Å². The lowest BCUT2D eigenvalue weighted by molar-refractivity contribution is -0.131. The summed E-state index contributed by atoms with van der Waals surface area (Å²) in [5.74, 6) is 0.537. The average Bonchev–Trinajstić information content (AvgIpc) is 2.25. The lowest BCUT2D eigenvalue weighted by Gasteiger charge is -2.19. The van der Waals surface area contributed by atoms with Crippen molar-refractivity contribution in [1.29, 1.82) is 0 Å². The highest BCUT2D eigenvalue weighted by atomic mass is 32.1. The maximum atomic E-state index is 11.7. The first-order valence-corrected chi connectivity index (χ1v) is 6.39. The molecule has 0 heterocycles. The Hall–Kier alpha value is -0.680. The highest BCUT2D eigenvalue weighted by Gasteiger charge is 2.11. The van der Waals surface area contributed by atoms with Crippen LogP contribution in [0.2, 0.25) is 0 Å². The van der Waals surface area contributed by atoms with E-state index < -0.39 is 0 Å². The molecule has 0 saturated heterocycles. The Balaban J connectivity index is 3.74. The third-order valence-corrected chi connectivity index (χ3v) is 2.96. The molecule has 0 aromatic rings. The van der Waals surface area contributed by atoms with Crippen LogP contribution < -0.4 is 5.73 Å². The van der Waals surface area contributed by atoms with Crippen molar-refractivity contribution in [2.45, 2.75) is 39.7 Å². The maximum Gasteiger partial charge on any atom is 0.224 e. The molecule has 1 amide bonds. The fourth-order valence-corrected chi connectivity index (χ4v) is 1.21. The second-order valence-corrected chi connectivity index (χ2v) is 5.13. The zero-order valence-electron chi connectivity index (χ0n) is 11.2. The summed E-state index contributed by atoms with van der Waals surface area (Å²) < 4.78 is 5.55. The van der Waals surface area contributed by atoms with Gasteiger partial charge in [-0.15, -0.1) is 0 Å². The van der Waals surface area contributed by atoms with Crippen LogP contribution >= 0.6 is 12.2 Å². The molecule has 5 heteroatoms. The number of hydrogen-bond acceptors (Lipinski definition) is 3. The minimum Gasteiger partial charge on any atom is -0.393 e. The smallest absolute Gasteiger partial charge is 0.224 e. The number of carbonyl (C=O) groups excluding carboxylic acids is 1. The predicted molar refractivity (Wildman–Crippen MR) is 73.9 cm³/mol. The van der Waals surface area contributed by atoms with Crippen LogP contribution in [0.3, 0.4) is 0 Å². The summed E-state index contributed by atoms with van der Waals surface area (Å²) in [6, 6.07) is 0. The molecule has 0 aliphatic heterocycles. The summed E-state index contributed by atoms with van der Waals surface area (Å²) in [7, 11) is 1.76. The lowest BCUT2D eigenvalue weighted by Crippen LogP contribution is -2.31. The number of amides is 1. The Kier molecular flexibility index (Phi) is 8.08. The van der Waals surface area contributed by atoms with Crippen molar-refractivity contribution in [3.63, 3.8) is 0 Å². The zero-order chi connectivity index (χ0) is 13.4. The fraction of sp³-hybridized carbons (Fsp3) is 0.833. The quantitative estimate of drug-likeness (QED) is 0.673. The van der Waals surface area contributed by atoms with Gasteiger partial charge < -0.3 is 15.4 Å². The molecule has 100 valence electrons. The van der Waals surface area contributed by atoms with Crippen LogP contribution in [-0.4, -0.2) is 42.1 Å². The molecule has 0 aromatic carbocycles. The van der Waals surface area contributed by atoms with Crippen molar-refractivity contribution in [3.8, 4) is 0 Å². The van der Waals surface area contributed by atoms with Crippen LogP contribution in [-0.2, 0) is 9.53 Å². The van der Waals surface area contributed by atoms with Crippen LogP contribution in [0.15, 0.2) is 0 Å². The molecular weight excluding hydrogens is 236 g/mol. The average molecular weight is 260 g/mol. The van der Waals surface area contributed by atoms with Crippen molar-refractivity contribution in [1.82, 2.24) is 4.90 Å². The van der Waals surface area contributed by atoms with Gasteiger partial charge in [0, 0.05) is 20.0 Å². The molecule has 4 nitrogen and oxygen atoms in total. The third kappa shape index (κ3) is 8.10. The number of nitrogens with zero attached hydrogens (tertiary/aromatic N) is 1. The van der Waals surface area contributed by atoms with Crippen molar-refractivity contribution in [2.75, 3.05) is 20.2 Å². The number of rotatable bonds is 8. The standard InChI is InChI=1S/C12H24N2O2S/c1-9(2)10(3)16-8-6-12(15)14(4)7-5-11(13)17/h9-10H,5-8H2,1-4H3,(H2,13,17). The Morgan fingerprint density at radius 2 is 1.94 bits per heavy atom. The number of thiocarbonyl (C=S) groups is 1. The fourth-order valence-electron chi connectivity index (χ4n) is 1.12. The molecule has 0 aliphatic rings. The molecule has 0 saturated carbocycles. The van der Waals surface area contributed by atoms with Crippen molar-refractivity contribution in [3.05, 3.63) is 0 Å². The van der Waals surface area contributed by atoms with Crippen molar-refractivity contribution < 1.29 is 9.53 Å². The summed E-state index contributed by atoms with van der Waals surface area (Å²) in [5, 5.41) is 0. The van der Waals surface area contributed by atoms with E-state index in [0.29, 0.717) is 36.9 Å². The summed E-state index contributed by atoms with van der Waals surface area (Å²) in [5.41, 5.74) is 5.38. The highest BCUT2D eigenvalue weighted by molar-refractivity contribution is 7.80. The maximum absolute atomic E-state index is 11.7. The van der Waals surface area contributed by atoms with Crippen LogP contribution in [0.4, 0.5) is 0 Å². The van der Waals surface area contributed by atoms with Crippen LogP contribution in [0.25, 0.3) is 0 Å². The van der Waals surface area contributed by atoms with Gasteiger partial charge in [-0.3, -0.25) is 4.79 Å². The van der Waals surface area contributed by atoms with Gasteiger partial charge in [-0.05, 0) is 12.8 Å². The zero-order valence-corrected chi connectivity index (χ0v) is 12.0. The summed E-state index contributed by atoms with van der Waals surface area (Å²) in [6.07, 6.45) is 1.16. The van der Waals surface area contributed by atoms with Crippen LogP contribution in [0, 0.1) is 5.92 Å². The summed E-state index contributed by atoms with van der Waals surface area (Å²) >= 11 is 4.77. The minimum atomic E-state index is 0.0669. The van der Waals surface area contributed by atoms with Gasteiger partial charge in [0.15, 0.2) is 0 Å². The van der Waals surface area contributed by atoms with E-state index in [-0.39, 0.29) is 12.0 Å². The SMILES string of the molecule is CC(C)C(C)OCCC(=O)N(C)CCC(N)=S. The van der Waals surface area contributed by atoms with E-state index in [1.54, 1.807) is 11.9 Å². The molecule has 1 unspecified atom stereocenters. The largest absolute Gasteiger partial charge is 0.393 e. The van der Waals surface area contributed by atoms with Gasteiger partial charge in [0.2, 0.25) is 5.91 Å². The topological polar surface area (TPSA) is 55.6 Å². The highest BCUT2D eigenvalue weighted by Crippen LogP contribution is 2.06. The lowest BCUT2D eigenvalue weighted by atomic mass is 10.1. The molecule has 0 aliphatic carbocycles. The first-order valence-electron chi connectivity index (χ1n) is 5.98. The Labute approximate surface area is 109 Å². The minimum absolute atomic E-state index is 0.0669. The third-order valence-electron chi connectivity index (χ3n) is 2.75. The number of nitrogens with two attached hydrogens (primary N) is 1. The Bertz CT molecular complexity index is 257. The van der Waals surface area contributed by atoms with Crippen LogP contribution in [0.1, 0.15) is 33.6 Å². The van der Waals surface area contributed by atoms with E-state index in [9.17, 15) is 4.79 Å². The number of ether oxygens (including phenoxy) is 1. The molecule has 0 radical (unpaired) electrons. The predicted octanol–water partition coefficient (Wildman–Crippen LogP) is 1.57. The van der Waals surface area contributed by atoms with E-state index in [2.05, 4.69) is 13.8 Å². The van der Waals surface area contributed by atoms with E-state index >= 15 is 0 Å². The van der Waals surface area contributed by atoms with Crippen molar-refractivity contribution >= 4 is 23.1 Å². The molecule has 0 rings (SSSR count). The molecule has 2 N–H and O–H groups in total. The molecule has 0 aromatic heterocycles. The molecule has 1 atom stereocenters. The van der Waals surface area contributed by atoms with E-state index in [4.69, 9.17) is 22.7 Å². The summed E-state index contributed by atoms with van der Waals surface area (Å²) in [4.78, 5) is 13.7. The second-order valence-electron chi connectivity index (χ2n) is 4.60. The molecule has 17 heavy (non-hydrogen) atoms. The van der Waals surface area contributed by atoms with Gasteiger partial charge in [-0.2, -0.15) is 0 Å². The number of hydrogen-bond donors (Lipinski definition) is 1. The van der Waals surface area contributed by atoms with E-state index in [1.165, 1.54) is 0 Å². The molecular formula is C12H24N2O2S. The molecule has 0 spiro atoms. The second kappa shape index (κ2) is 8.42. The summed E-state index contributed by atoms with van der Waals surface area (Å²) in [6.45, 7) is 7.26. The van der Waals surface area contributed by atoms with Crippen LogP contribution in [0.5, 0.6) is 0 Å².